The van der Waals surface area contributed by atoms with E-state index in [2.05, 4.69) is 4.72 Å². The molecule has 38 heavy (non-hydrogen) atoms. The molecule has 1 saturated carbocycles. The Bertz CT molecular complexity index is 1150. The third kappa shape index (κ3) is 5.94. The highest BCUT2D eigenvalue weighted by molar-refractivity contribution is 7.89. The number of nitro groups is 1. The van der Waals surface area contributed by atoms with Gasteiger partial charge in [0.15, 0.2) is 0 Å². The largest absolute Gasteiger partial charge is 0.444 e. The van der Waals surface area contributed by atoms with Crippen LogP contribution in [0.4, 0.5) is 19.3 Å². The zero-order valence-electron chi connectivity index (χ0n) is 22.0. The molecule has 4 rings (SSSR count). The number of amides is 1. The summed E-state index contributed by atoms with van der Waals surface area (Å²) in [5, 5.41) is 10.9. The van der Waals surface area contributed by atoms with Crippen molar-refractivity contribution in [2.45, 2.75) is 99.8 Å². The Morgan fingerprint density at radius 1 is 1.08 bits per heavy atom. The highest BCUT2D eigenvalue weighted by Crippen LogP contribution is 2.43. The van der Waals surface area contributed by atoms with Crippen LogP contribution in [-0.4, -0.2) is 78.0 Å². The first kappa shape index (κ1) is 28.6. The molecule has 13 heteroatoms. The molecule has 1 amide bonds. The van der Waals surface area contributed by atoms with Crippen molar-refractivity contribution in [2.75, 3.05) is 19.6 Å². The van der Waals surface area contributed by atoms with Crippen molar-refractivity contribution in [1.82, 2.24) is 14.5 Å². The molecule has 10 nitrogen and oxygen atoms in total. The van der Waals surface area contributed by atoms with Crippen molar-refractivity contribution in [3.05, 3.63) is 34.4 Å². The highest BCUT2D eigenvalue weighted by atomic mass is 32.2. The number of sulfonamides is 1. The Labute approximate surface area is 221 Å². The summed E-state index contributed by atoms with van der Waals surface area (Å²) in [5.74, 6) is -3.26. The number of ether oxygens (including phenoxy) is 1. The van der Waals surface area contributed by atoms with Crippen LogP contribution in [-0.2, 0) is 14.8 Å². The van der Waals surface area contributed by atoms with E-state index >= 15 is 8.78 Å². The number of nitro benzene ring substituents is 1. The zero-order valence-corrected chi connectivity index (χ0v) is 22.8. The van der Waals surface area contributed by atoms with Crippen molar-refractivity contribution < 1.29 is 31.7 Å². The van der Waals surface area contributed by atoms with Crippen LogP contribution in [0.5, 0.6) is 0 Å². The van der Waals surface area contributed by atoms with Gasteiger partial charge in [0.1, 0.15) is 11.6 Å². The molecule has 3 aliphatic rings. The minimum absolute atomic E-state index is 0.263. The zero-order chi connectivity index (χ0) is 27.9. The molecule has 0 unspecified atom stereocenters. The minimum Gasteiger partial charge on any atom is -0.444 e. The van der Waals surface area contributed by atoms with Gasteiger partial charge in [-0.15, -0.1) is 0 Å². The molecule has 1 aromatic carbocycles. The number of piperidine rings is 1. The molecule has 0 bridgehead atoms. The van der Waals surface area contributed by atoms with Gasteiger partial charge in [0, 0.05) is 49.8 Å². The summed E-state index contributed by atoms with van der Waals surface area (Å²) >= 11 is 0. The van der Waals surface area contributed by atoms with E-state index in [1.165, 1.54) is 0 Å². The van der Waals surface area contributed by atoms with Gasteiger partial charge in [-0.2, -0.15) is 0 Å². The van der Waals surface area contributed by atoms with Crippen molar-refractivity contribution >= 4 is 21.8 Å². The van der Waals surface area contributed by atoms with Gasteiger partial charge in [-0.1, -0.05) is 0 Å². The second kappa shape index (κ2) is 10.3. The van der Waals surface area contributed by atoms with Crippen molar-refractivity contribution in [3.63, 3.8) is 0 Å². The average Bonchev–Trinajstić information content (AvgIpc) is 3.23. The van der Waals surface area contributed by atoms with Crippen LogP contribution in [0, 0.1) is 10.1 Å². The summed E-state index contributed by atoms with van der Waals surface area (Å²) in [6.45, 7) is 6.95. The third-order valence-electron chi connectivity index (χ3n) is 7.90. The molecule has 1 N–H and O–H groups in total. The maximum absolute atomic E-state index is 15.2. The summed E-state index contributed by atoms with van der Waals surface area (Å²) in [7, 11) is -4.35. The molecule has 1 spiro atoms. The van der Waals surface area contributed by atoms with Crippen molar-refractivity contribution in [2.24, 2.45) is 0 Å². The Kier molecular flexibility index (Phi) is 7.76. The first-order valence-corrected chi connectivity index (χ1v) is 14.5. The van der Waals surface area contributed by atoms with Gasteiger partial charge in [0.2, 0.25) is 10.0 Å². The number of hydrogen-bond donors (Lipinski definition) is 1. The summed E-state index contributed by atoms with van der Waals surface area (Å²) < 4.78 is 64.3. The molecule has 3 fully saturated rings. The lowest BCUT2D eigenvalue weighted by Gasteiger charge is -2.50. The summed E-state index contributed by atoms with van der Waals surface area (Å²) in [6, 6.07) is 1.80. The molecule has 0 radical (unpaired) electrons. The van der Waals surface area contributed by atoms with Gasteiger partial charge in [-0.3, -0.25) is 15.0 Å². The lowest BCUT2D eigenvalue weighted by molar-refractivity contribution is -0.384. The van der Waals surface area contributed by atoms with Crippen LogP contribution in [0.25, 0.3) is 0 Å². The van der Waals surface area contributed by atoms with Crippen LogP contribution in [0.15, 0.2) is 29.2 Å². The van der Waals surface area contributed by atoms with E-state index in [4.69, 9.17) is 4.74 Å². The standard InChI is InChI=1S/C25H36F2N4O6S/c1-23(2,3)37-22(32)30-15-5-11-24(30)13-16-29(17-14-24)20-6-4-12-25(26,27)21(20)28-38(35,36)19-9-7-18(8-10-19)31(33)34/h7-10,20-21,28H,4-6,11-17H2,1-3H3/t20-,21+/m0/s1. The van der Waals surface area contributed by atoms with Crippen LogP contribution >= 0.6 is 0 Å². The molecule has 2 atom stereocenters. The van der Waals surface area contributed by atoms with E-state index in [0.717, 1.165) is 37.1 Å². The summed E-state index contributed by atoms with van der Waals surface area (Å²) in [5.41, 5.74) is -1.30. The lowest BCUT2D eigenvalue weighted by atomic mass is 9.81. The molecule has 212 valence electrons. The van der Waals surface area contributed by atoms with E-state index in [-0.39, 0.29) is 28.6 Å². The Balaban J connectivity index is 1.49. The van der Waals surface area contributed by atoms with Crippen molar-refractivity contribution in [3.8, 4) is 0 Å². The number of nitrogens with zero attached hydrogens (tertiary/aromatic N) is 3. The van der Waals surface area contributed by atoms with E-state index in [1.807, 2.05) is 25.7 Å². The number of likely N-dealkylation sites (tertiary alicyclic amines) is 2. The number of benzene rings is 1. The molecule has 2 aliphatic heterocycles. The average molecular weight is 559 g/mol. The van der Waals surface area contributed by atoms with E-state index < -0.39 is 45.0 Å². The predicted molar refractivity (Wildman–Crippen MR) is 136 cm³/mol. The van der Waals surface area contributed by atoms with Gasteiger partial charge in [0.25, 0.3) is 11.6 Å². The van der Waals surface area contributed by atoms with Crippen LogP contribution < -0.4 is 4.72 Å². The summed E-state index contributed by atoms with van der Waals surface area (Å²) in [6.07, 6.45) is 2.73. The third-order valence-corrected chi connectivity index (χ3v) is 9.35. The second-order valence-corrected chi connectivity index (χ2v) is 13.3. The maximum Gasteiger partial charge on any atom is 0.410 e. The monoisotopic (exact) mass is 558 g/mol. The maximum atomic E-state index is 15.2. The molecule has 2 saturated heterocycles. The molecule has 1 aliphatic carbocycles. The smallest absolute Gasteiger partial charge is 0.410 e. The van der Waals surface area contributed by atoms with E-state index in [9.17, 15) is 23.3 Å². The van der Waals surface area contributed by atoms with Gasteiger partial charge >= 0.3 is 6.09 Å². The first-order valence-electron chi connectivity index (χ1n) is 13.0. The van der Waals surface area contributed by atoms with E-state index in [0.29, 0.717) is 38.9 Å². The number of hydrogen-bond acceptors (Lipinski definition) is 7. The lowest BCUT2D eigenvalue weighted by Crippen LogP contribution is -2.64. The number of halogens is 2. The summed E-state index contributed by atoms with van der Waals surface area (Å²) in [4.78, 5) is 26.5. The molecule has 1 aromatic rings. The SMILES string of the molecule is CC(C)(C)OC(=O)N1CCCC12CCN([C@H]1CCCC(F)(F)[C@@H]1NS(=O)(=O)c1ccc([N+](=O)[O-])cc1)CC2. The Morgan fingerprint density at radius 3 is 2.29 bits per heavy atom. The van der Waals surface area contributed by atoms with Gasteiger partial charge in [0.05, 0.1) is 9.82 Å². The van der Waals surface area contributed by atoms with Gasteiger partial charge in [-0.25, -0.2) is 26.7 Å². The fraction of sp³-hybridized carbons (Fsp3) is 0.720. The van der Waals surface area contributed by atoms with Gasteiger partial charge < -0.3 is 9.64 Å². The van der Waals surface area contributed by atoms with Crippen LogP contribution in [0.1, 0.15) is 65.7 Å². The van der Waals surface area contributed by atoms with Crippen LogP contribution in [0.2, 0.25) is 0 Å². The van der Waals surface area contributed by atoms with Gasteiger partial charge in [-0.05, 0) is 71.4 Å². The van der Waals surface area contributed by atoms with E-state index in [1.54, 1.807) is 4.90 Å². The molecular formula is C25H36F2N4O6S. The number of carbonyl (C=O) groups is 1. The number of carbonyl (C=O) groups excluding carboxylic acids is 1. The fourth-order valence-corrected chi connectivity index (χ4v) is 7.32. The second-order valence-electron chi connectivity index (χ2n) is 11.6. The number of nitrogens with one attached hydrogen (secondary N) is 1. The quantitative estimate of drug-likeness (QED) is 0.422. The molecular weight excluding hydrogens is 522 g/mol. The fourth-order valence-electron chi connectivity index (χ4n) is 6.02. The molecule has 0 aromatic heterocycles. The topological polar surface area (TPSA) is 122 Å². The first-order chi connectivity index (χ1) is 17.6. The highest BCUT2D eigenvalue weighted by Gasteiger charge is 2.53. The Hall–Kier alpha value is -2.38. The Morgan fingerprint density at radius 2 is 1.71 bits per heavy atom. The minimum atomic E-state index is -4.35. The van der Waals surface area contributed by atoms with Crippen molar-refractivity contribution in [1.29, 1.82) is 0 Å². The number of non-ortho nitro benzene ring substituents is 1. The van der Waals surface area contributed by atoms with Crippen LogP contribution in [0.3, 0.4) is 0 Å². The number of rotatable bonds is 5. The number of alkyl halides is 2. The normalized spacial score (nSPS) is 25.9. The molecule has 2 heterocycles. The predicted octanol–water partition coefficient (Wildman–Crippen LogP) is 4.30.